The lowest BCUT2D eigenvalue weighted by Gasteiger charge is -2.32. The van der Waals surface area contributed by atoms with Crippen molar-refractivity contribution in [2.75, 3.05) is 20.8 Å². The molecule has 0 radical (unpaired) electrons. The Morgan fingerprint density at radius 2 is 1.59 bits per heavy atom. The maximum absolute atomic E-state index is 10.7. The third-order valence-corrected chi connectivity index (χ3v) is 5.93. The van der Waals surface area contributed by atoms with Crippen LogP contribution in [0.25, 0.3) is 0 Å². The smallest absolute Gasteiger partial charge is 0.161 e. The maximum atomic E-state index is 10.7. The van der Waals surface area contributed by atoms with Gasteiger partial charge in [-0.1, -0.05) is 44.2 Å². The first-order chi connectivity index (χ1) is 13.5. The van der Waals surface area contributed by atoms with E-state index in [2.05, 4.69) is 55.6 Å². The van der Waals surface area contributed by atoms with E-state index in [-0.39, 0.29) is 24.6 Å². The first-order valence-electron chi connectivity index (χ1n) is 10.2. The number of nitrogens with one attached hydrogen (secondary N) is 1. The van der Waals surface area contributed by atoms with E-state index in [1.165, 1.54) is 11.1 Å². The number of benzene rings is 2. The number of aliphatic hydroxyl groups is 1. The lowest BCUT2D eigenvalue weighted by molar-refractivity contribution is 0.118. The predicted molar refractivity (Wildman–Crippen MR) is 121 cm³/mol. The molecule has 1 unspecified atom stereocenters. The largest absolute Gasteiger partial charge is 0.493 e. The number of hydrogen-bond donors (Lipinski definition) is 2. The second-order valence-electron chi connectivity index (χ2n) is 8.06. The highest BCUT2D eigenvalue weighted by atomic mass is 35.5. The Morgan fingerprint density at radius 3 is 2.14 bits per heavy atom. The normalized spacial score (nSPS) is 19.2. The van der Waals surface area contributed by atoms with Crippen molar-refractivity contribution in [2.24, 2.45) is 5.92 Å². The topological polar surface area (TPSA) is 50.7 Å². The maximum Gasteiger partial charge on any atom is 0.161 e. The van der Waals surface area contributed by atoms with Gasteiger partial charge in [0.1, 0.15) is 0 Å². The summed E-state index contributed by atoms with van der Waals surface area (Å²) in [6, 6.07) is 14.8. The van der Waals surface area contributed by atoms with Gasteiger partial charge in [-0.25, -0.2) is 0 Å². The SMILES string of the molecule is COc1cc2c(cc1OC)C[C@H](O)[C@@H](NCCC(c1ccccc1)C(C)C)C2.Cl. The molecule has 0 bridgehead atoms. The second-order valence-corrected chi connectivity index (χ2v) is 8.06. The summed E-state index contributed by atoms with van der Waals surface area (Å²) in [7, 11) is 3.30. The Morgan fingerprint density at radius 1 is 1.00 bits per heavy atom. The van der Waals surface area contributed by atoms with Crippen molar-refractivity contribution in [2.45, 2.75) is 51.2 Å². The van der Waals surface area contributed by atoms with Gasteiger partial charge in [0, 0.05) is 12.5 Å². The molecule has 3 atom stereocenters. The van der Waals surface area contributed by atoms with Crippen LogP contribution in [0.15, 0.2) is 42.5 Å². The average molecular weight is 420 g/mol. The molecule has 2 aromatic rings. The summed E-state index contributed by atoms with van der Waals surface area (Å²) in [4.78, 5) is 0. The standard InChI is InChI=1S/C24H33NO3.ClH/c1-16(2)20(17-8-6-5-7-9-17)10-11-25-21-12-18-14-23(27-3)24(28-4)15-19(18)13-22(21)26;/h5-9,14-16,20-22,25-26H,10-13H2,1-4H3;1H/t20?,21-,22-;/m0./s1. The van der Waals surface area contributed by atoms with Crippen LogP contribution in [0.1, 0.15) is 42.9 Å². The highest BCUT2D eigenvalue weighted by molar-refractivity contribution is 5.85. The summed E-state index contributed by atoms with van der Waals surface area (Å²) >= 11 is 0. The van der Waals surface area contributed by atoms with Gasteiger partial charge in [-0.3, -0.25) is 0 Å². The van der Waals surface area contributed by atoms with E-state index in [1.807, 2.05) is 6.07 Å². The van der Waals surface area contributed by atoms with Gasteiger partial charge in [-0.05, 0) is 60.0 Å². The zero-order chi connectivity index (χ0) is 20.1. The van der Waals surface area contributed by atoms with Crippen molar-refractivity contribution in [1.29, 1.82) is 0 Å². The third kappa shape index (κ3) is 5.65. The zero-order valence-electron chi connectivity index (χ0n) is 17.9. The molecule has 0 spiro atoms. The van der Waals surface area contributed by atoms with Crippen LogP contribution in [-0.4, -0.2) is 38.0 Å². The van der Waals surface area contributed by atoms with Crippen LogP contribution >= 0.6 is 12.4 Å². The lowest BCUT2D eigenvalue weighted by atomic mass is 9.84. The molecule has 29 heavy (non-hydrogen) atoms. The van der Waals surface area contributed by atoms with Crippen LogP contribution in [0.3, 0.4) is 0 Å². The van der Waals surface area contributed by atoms with Crippen LogP contribution in [0.4, 0.5) is 0 Å². The van der Waals surface area contributed by atoms with Gasteiger partial charge in [0.2, 0.25) is 0 Å². The molecule has 0 aromatic heterocycles. The van der Waals surface area contributed by atoms with Crippen molar-refractivity contribution in [3.8, 4) is 11.5 Å². The van der Waals surface area contributed by atoms with Gasteiger partial charge in [0.05, 0.1) is 20.3 Å². The zero-order valence-corrected chi connectivity index (χ0v) is 18.7. The quantitative estimate of drug-likeness (QED) is 0.666. The fourth-order valence-electron chi connectivity index (χ4n) is 4.30. The minimum absolute atomic E-state index is 0. The summed E-state index contributed by atoms with van der Waals surface area (Å²) in [6.07, 6.45) is 2.11. The fourth-order valence-corrected chi connectivity index (χ4v) is 4.30. The summed E-state index contributed by atoms with van der Waals surface area (Å²) in [5, 5.41) is 14.3. The fraction of sp³-hybridized carbons (Fsp3) is 0.500. The Bertz CT molecular complexity index is 766. The molecule has 0 aliphatic heterocycles. The molecule has 1 aliphatic carbocycles. The summed E-state index contributed by atoms with van der Waals surface area (Å²) < 4.78 is 10.8. The Balaban J connectivity index is 0.00000300. The molecule has 3 rings (SSSR count). The molecule has 0 heterocycles. The van der Waals surface area contributed by atoms with Gasteiger partial charge in [-0.2, -0.15) is 0 Å². The van der Waals surface area contributed by atoms with Crippen LogP contribution in [0.5, 0.6) is 11.5 Å². The molecule has 0 amide bonds. The van der Waals surface area contributed by atoms with E-state index in [0.717, 1.165) is 36.4 Å². The van der Waals surface area contributed by atoms with Crippen molar-refractivity contribution >= 4 is 12.4 Å². The van der Waals surface area contributed by atoms with Gasteiger partial charge in [-0.15, -0.1) is 12.4 Å². The minimum Gasteiger partial charge on any atom is -0.493 e. The van der Waals surface area contributed by atoms with E-state index in [4.69, 9.17) is 9.47 Å². The van der Waals surface area contributed by atoms with Gasteiger partial charge in [0.25, 0.3) is 0 Å². The van der Waals surface area contributed by atoms with Gasteiger partial charge < -0.3 is 19.9 Å². The highest BCUT2D eigenvalue weighted by Crippen LogP contribution is 2.34. The second kappa shape index (κ2) is 10.9. The molecular formula is C24H34ClNO3. The number of rotatable bonds is 8. The molecule has 0 saturated heterocycles. The van der Waals surface area contributed by atoms with Crippen LogP contribution in [-0.2, 0) is 12.8 Å². The lowest BCUT2D eigenvalue weighted by Crippen LogP contribution is -2.46. The van der Waals surface area contributed by atoms with Crippen molar-refractivity contribution in [3.05, 3.63) is 59.2 Å². The Hall–Kier alpha value is -1.75. The molecule has 0 saturated carbocycles. The van der Waals surface area contributed by atoms with Crippen molar-refractivity contribution in [3.63, 3.8) is 0 Å². The molecule has 5 heteroatoms. The number of methoxy groups -OCH3 is 2. The summed E-state index contributed by atoms with van der Waals surface area (Å²) in [5.41, 5.74) is 3.77. The van der Waals surface area contributed by atoms with Crippen LogP contribution < -0.4 is 14.8 Å². The number of hydrogen-bond acceptors (Lipinski definition) is 4. The van der Waals surface area contributed by atoms with Crippen LogP contribution in [0.2, 0.25) is 0 Å². The highest BCUT2D eigenvalue weighted by Gasteiger charge is 2.28. The van der Waals surface area contributed by atoms with Gasteiger partial charge in [0.15, 0.2) is 11.5 Å². The molecule has 2 aromatic carbocycles. The first kappa shape index (κ1) is 23.5. The van der Waals surface area contributed by atoms with E-state index in [1.54, 1.807) is 14.2 Å². The van der Waals surface area contributed by atoms with Crippen LogP contribution in [0, 0.1) is 5.92 Å². The molecule has 2 N–H and O–H groups in total. The van der Waals surface area contributed by atoms with E-state index < -0.39 is 0 Å². The van der Waals surface area contributed by atoms with E-state index >= 15 is 0 Å². The average Bonchev–Trinajstić information content (AvgIpc) is 2.70. The Labute approximate surface area is 181 Å². The first-order valence-corrected chi connectivity index (χ1v) is 10.2. The van der Waals surface area contributed by atoms with Gasteiger partial charge >= 0.3 is 0 Å². The van der Waals surface area contributed by atoms with Crippen molar-refractivity contribution < 1.29 is 14.6 Å². The number of fused-ring (bicyclic) bond motifs is 1. The third-order valence-electron chi connectivity index (χ3n) is 5.93. The number of ether oxygens (including phenoxy) is 2. The Kier molecular flexibility index (Phi) is 8.81. The summed E-state index contributed by atoms with van der Waals surface area (Å²) in [5.74, 6) is 2.58. The monoisotopic (exact) mass is 419 g/mol. The molecule has 0 fully saturated rings. The molecule has 160 valence electrons. The minimum atomic E-state index is -0.389. The van der Waals surface area contributed by atoms with Crippen molar-refractivity contribution in [1.82, 2.24) is 5.32 Å². The van der Waals surface area contributed by atoms with E-state index in [9.17, 15) is 5.11 Å². The number of halogens is 1. The number of aliphatic hydroxyl groups excluding tert-OH is 1. The molecular weight excluding hydrogens is 386 g/mol. The molecule has 1 aliphatic rings. The summed E-state index contributed by atoms with van der Waals surface area (Å²) in [6.45, 7) is 5.45. The van der Waals surface area contributed by atoms with E-state index in [0.29, 0.717) is 18.3 Å². The predicted octanol–water partition coefficient (Wildman–Crippen LogP) is 4.37. The molecule has 4 nitrogen and oxygen atoms in total.